The molecule has 0 radical (unpaired) electrons. The topological polar surface area (TPSA) is 48.9 Å². The molecule has 0 amide bonds. The van der Waals surface area contributed by atoms with Crippen molar-refractivity contribution in [1.29, 1.82) is 0 Å². The lowest BCUT2D eigenvalue weighted by atomic mass is 10.0. The predicted molar refractivity (Wildman–Crippen MR) is 121 cm³/mol. The number of nitrogens with zero attached hydrogens (tertiary/aromatic N) is 2. The number of nitrogens with one attached hydrogen (secondary N) is 2. The number of halogens is 1. The molecule has 0 saturated carbocycles. The summed E-state index contributed by atoms with van der Waals surface area (Å²) in [4.78, 5) is 6.90. The molecule has 1 aromatic carbocycles. The molecule has 1 saturated heterocycles. The van der Waals surface area contributed by atoms with Crippen molar-refractivity contribution in [2.75, 3.05) is 39.8 Å². The van der Waals surface area contributed by atoms with Gasteiger partial charge in [-0.15, -0.1) is 24.0 Å². The molecule has 1 aromatic rings. The zero-order valence-electron chi connectivity index (χ0n) is 16.5. The second-order valence-corrected chi connectivity index (χ2v) is 6.79. The van der Waals surface area contributed by atoms with E-state index in [4.69, 9.17) is 4.74 Å². The summed E-state index contributed by atoms with van der Waals surface area (Å²) in [5.74, 6) is 2.63. The molecule has 148 valence electrons. The van der Waals surface area contributed by atoms with Gasteiger partial charge in [-0.3, -0.25) is 4.99 Å². The van der Waals surface area contributed by atoms with Crippen molar-refractivity contribution in [3.8, 4) is 5.75 Å². The van der Waals surface area contributed by atoms with Gasteiger partial charge < -0.3 is 20.3 Å². The Balaban J connectivity index is 0.00000338. The smallest absolute Gasteiger partial charge is 0.191 e. The molecule has 2 N–H and O–H groups in total. The van der Waals surface area contributed by atoms with Crippen molar-refractivity contribution < 1.29 is 4.74 Å². The fourth-order valence-electron chi connectivity index (χ4n) is 3.34. The first kappa shape index (κ1) is 23.0. The van der Waals surface area contributed by atoms with E-state index in [0.29, 0.717) is 13.2 Å². The number of aliphatic imine (C=N–C) groups is 1. The molecule has 5 nitrogen and oxygen atoms in total. The third-order valence-electron chi connectivity index (χ3n) is 4.63. The number of para-hydroxylation sites is 1. The normalized spacial score (nSPS) is 18.1. The highest BCUT2D eigenvalue weighted by Crippen LogP contribution is 2.17. The predicted octanol–water partition coefficient (Wildman–Crippen LogP) is 3.49. The Labute approximate surface area is 176 Å². The highest BCUT2D eigenvalue weighted by Gasteiger charge is 2.15. The van der Waals surface area contributed by atoms with Gasteiger partial charge in [-0.05, 0) is 51.3 Å². The van der Waals surface area contributed by atoms with Crippen LogP contribution in [-0.2, 0) is 6.54 Å². The molecule has 2 rings (SSSR count). The van der Waals surface area contributed by atoms with Crippen LogP contribution in [0.25, 0.3) is 0 Å². The SMILES string of the molecule is CCOc1ccccc1CNC(=NC)NCCCN1CCCC(C)C1.I. The summed E-state index contributed by atoms with van der Waals surface area (Å²) >= 11 is 0. The summed E-state index contributed by atoms with van der Waals surface area (Å²) in [6.07, 6.45) is 3.87. The molecule has 1 aliphatic heterocycles. The number of ether oxygens (including phenoxy) is 1. The van der Waals surface area contributed by atoms with E-state index in [9.17, 15) is 0 Å². The van der Waals surface area contributed by atoms with E-state index >= 15 is 0 Å². The maximum absolute atomic E-state index is 5.67. The van der Waals surface area contributed by atoms with Crippen molar-refractivity contribution in [2.24, 2.45) is 10.9 Å². The van der Waals surface area contributed by atoms with E-state index in [1.165, 1.54) is 32.5 Å². The Morgan fingerprint density at radius 2 is 2.12 bits per heavy atom. The molecule has 1 fully saturated rings. The van der Waals surface area contributed by atoms with Gasteiger partial charge in [0.05, 0.1) is 6.61 Å². The van der Waals surface area contributed by atoms with Crippen molar-refractivity contribution in [1.82, 2.24) is 15.5 Å². The van der Waals surface area contributed by atoms with Crippen molar-refractivity contribution in [3.63, 3.8) is 0 Å². The van der Waals surface area contributed by atoms with Crippen LogP contribution in [0.3, 0.4) is 0 Å². The van der Waals surface area contributed by atoms with Crippen LogP contribution in [0.15, 0.2) is 29.3 Å². The first-order valence-electron chi connectivity index (χ1n) is 9.60. The van der Waals surface area contributed by atoms with Crippen LogP contribution in [0, 0.1) is 5.92 Å². The van der Waals surface area contributed by atoms with Gasteiger partial charge in [-0.2, -0.15) is 0 Å². The fraction of sp³-hybridized carbons (Fsp3) is 0.650. The highest BCUT2D eigenvalue weighted by molar-refractivity contribution is 14.0. The van der Waals surface area contributed by atoms with Gasteiger partial charge in [-0.1, -0.05) is 25.1 Å². The summed E-state index contributed by atoms with van der Waals surface area (Å²) in [5, 5.41) is 6.79. The van der Waals surface area contributed by atoms with Crippen LogP contribution in [-0.4, -0.2) is 50.7 Å². The molecule has 0 aromatic heterocycles. The van der Waals surface area contributed by atoms with Gasteiger partial charge in [0, 0.05) is 32.2 Å². The molecule has 26 heavy (non-hydrogen) atoms. The lowest BCUT2D eigenvalue weighted by Crippen LogP contribution is -2.39. The Morgan fingerprint density at radius 1 is 1.31 bits per heavy atom. The van der Waals surface area contributed by atoms with Crippen LogP contribution >= 0.6 is 24.0 Å². The zero-order valence-corrected chi connectivity index (χ0v) is 18.8. The number of guanidine groups is 1. The van der Waals surface area contributed by atoms with Crippen LogP contribution in [0.4, 0.5) is 0 Å². The molecule has 1 heterocycles. The lowest BCUT2D eigenvalue weighted by Gasteiger charge is -2.30. The number of rotatable bonds is 8. The Morgan fingerprint density at radius 3 is 2.85 bits per heavy atom. The van der Waals surface area contributed by atoms with Crippen LogP contribution < -0.4 is 15.4 Å². The Kier molecular flexibility index (Phi) is 11.7. The molecule has 6 heteroatoms. The first-order chi connectivity index (χ1) is 12.2. The van der Waals surface area contributed by atoms with Crippen molar-refractivity contribution in [3.05, 3.63) is 29.8 Å². The van der Waals surface area contributed by atoms with E-state index in [0.717, 1.165) is 36.2 Å². The molecular formula is C20H35IN4O. The molecule has 0 aliphatic carbocycles. The monoisotopic (exact) mass is 474 g/mol. The van der Waals surface area contributed by atoms with Gasteiger partial charge in [0.15, 0.2) is 5.96 Å². The number of benzene rings is 1. The van der Waals surface area contributed by atoms with Crippen LogP contribution in [0.5, 0.6) is 5.75 Å². The van der Waals surface area contributed by atoms with E-state index in [1.807, 2.05) is 32.2 Å². The molecule has 0 bridgehead atoms. The standard InChI is InChI=1S/C20H34N4O.HI/c1-4-25-19-11-6-5-10-18(19)15-23-20(21-3)22-12-8-14-24-13-7-9-17(2)16-24;/h5-6,10-11,17H,4,7-9,12-16H2,1-3H3,(H2,21,22,23);1H. The maximum Gasteiger partial charge on any atom is 0.191 e. The zero-order chi connectivity index (χ0) is 17.9. The minimum absolute atomic E-state index is 0. The highest BCUT2D eigenvalue weighted by atomic mass is 127. The van der Waals surface area contributed by atoms with Gasteiger partial charge >= 0.3 is 0 Å². The van der Waals surface area contributed by atoms with Crippen molar-refractivity contribution in [2.45, 2.75) is 39.7 Å². The number of piperidine rings is 1. The van der Waals surface area contributed by atoms with Crippen LogP contribution in [0.1, 0.15) is 38.7 Å². The van der Waals surface area contributed by atoms with Crippen LogP contribution in [0.2, 0.25) is 0 Å². The molecular weight excluding hydrogens is 439 g/mol. The minimum Gasteiger partial charge on any atom is -0.494 e. The van der Waals surface area contributed by atoms with E-state index < -0.39 is 0 Å². The van der Waals surface area contributed by atoms with E-state index in [-0.39, 0.29) is 24.0 Å². The average molecular weight is 474 g/mol. The van der Waals surface area contributed by atoms with Gasteiger partial charge in [0.2, 0.25) is 0 Å². The fourth-order valence-corrected chi connectivity index (χ4v) is 3.34. The summed E-state index contributed by atoms with van der Waals surface area (Å²) in [6.45, 7) is 10.4. The Hall–Kier alpha value is -1.02. The first-order valence-corrected chi connectivity index (χ1v) is 9.60. The summed E-state index contributed by atoms with van der Waals surface area (Å²) in [6, 6.07) is 8.14. The summed E-state index contributed by atoms with van der Waals surface area (Å²) < 4.78 is 5.67. The van der Waals surface area contributed by atoms with Gasteiger partial charge in [-0.25, -0.2) is 0 Å². The second kappa shape index (κ2) is 13.2. The summed E-state index contributed by atoms with van der Waals surface area (Å²) in [7, 11) is 1.82. The quantitative estimate of drug-likeness (QED) is 0.262. The third kappa shape index (κ3) is 8.12. The largest absolute Gasteiger partial charge is 0.494 e. The second-order valence-electron chi connectivity index (χ2n) is 6.79. The Bertz CT molecular complexity index is 538. The van der Waals surface area contributed by atoms with E-state index in [2.05, 4.69) is 33.5 Å². The minimum atomic E-state index is 0. The maximum atomic E-state index is 5.67. The van der Waals surface area contributed by atoms with Crippen molar-refractivity contribution >= 4 is 29.9 Å². The average Bonchev–Trinajstić information content (AvgIpc) is 2.62. The molecule has 1 atom stereocenters. The molecule has 1 unspecified atom stereocenters. The number of likely N-dealkylation sites (tertiary alicyclic amines) is 1. The molecule has 0 spiro atoms. The van der Waals surface area contributed by atoms with Gasteiger partial charge in [0.25, 0.3) is 0 Å². The third-order valence-corrected chi connectivity index (χ3v) is 4.63. The number of hydrogen-bond acceptors (Lipinski definition) is 3. The lowest BCUT2D eigenvalue weighted by molar-refractivity contribution is 0.182. The number of hydrogen-bond donors (Lipinski definition) is 2. The molecule has 1 aliphatic rings. The van der Waals surface area contributed by atoms with E-state index in [1.54, 1.807) is 0 Å². The summed E-state index contributed by atoms with van der Waals surface area (Å²) in [5.41, 5.74) is 1.15. The van der Waals surface area contributed by atoms with Gasteiger partial charge in [0.1, 0.15) is 5.75 Å².